The van der Waals surface area contributed by atoms with Crippen LogP contribution in [0.15, 0.2) is 36.8 Å². The Balaban J connectivity index is 1.95. The Morgan fingerprint density at radius 1 is 1.45 bits per heavy atom. The molecule has 5 nitrogen and oxygen atoms in total. The van der Waals surface area contributed by atoms with Gasteiger partial charge in [-0.25, -0.2) is 4.98 Å². The van der Waals surface area contributed by atoms with Crippen molar-refractivity contribution in [1.82, 2.24) is 9.97 Å². The third-order valence-electron chi connectivity index (χ3n) is 2.93. The number of amides is 1. The minimum Gasteiger partial charge on any atom is -0.345 e. The summed E-state index contributed by atoms with van der Waals surface area (Å²) in [4.78, 5) is 18.9. The first-order chi connectivity index (χ1) is 9.70. The maximum atomic E-state index is 11.9. The zero-order valence-corrected chi connectivity index (χ0v) is 12.1. The van der Waals surface area contributed by atoms with Crippen LogP contribution in [0.2, 0.25) is 0 Å². The van der Waals surface area contributed by atoms with Crippen LogP contribution in [0.1, 0.15) is 6.42 Å². The maximum Gasteiger partial charge on any atom is 0.241 e. The van der Waals surface area contributed by atoms with Crippen molar-refractivity contribution in [2.45, 2.75) is 12.5 Å². The second kappa shape index (κ2) is 7.12. The highest BCUT2D eigenvalue weighted by molar-refractivity contribution is 7.98. The van der Waals surface area contributed by atoms with E-state index in [1.807, 2.05) is 30.5 Å². The quantitative estimate of drug-likeness (QED) is 0.760. The lowest BCUT2D eigenvalue weighted by atomic mass is 10.1. The molecule has 0 aliphatic heterocycles. The number of carbonyl (C=O) groups is 1. The van der Waals surface area contributed by atoms with Gasteiger partial charge < -0.3 is 16.0 Å². The molecule has 0 aliphatic carbocycles. The number of thioether (sulfide) groups is 1. The lowest BCUT2D eigenvalue weighted by Crippen LogP contribution is -2.36. The molecule has 2 rings (SSSR count). The van der Waals surface area contributed by atoms with Crippen molar-refractivity contribution in [1.29, 1.82) is 0 Å². The van der Waals surface area contributed by atoms with Crippen LogP contribution in [0.25, 0.3) is 11.3 Å². The SMILES string of the molecule is CSCC[C@H](N)C(=O)Nc1ccc(-c2cnc[nH]2)cc1. The molecule has 6 heteroatoms. The third-order valence-corrected chi connectivity index (χ3v) is 3.58. The molecule has 106 valence electrons. The maximum absolute atomic E-state index is 11.9. The smallest absolute Gasteiger partial charge is 0.241 e. The van der Waals surface area contributed by atoms with Crippen LogP contribution in [-0.2, 0) is 4.79 Å². The van der Waals surface area contributed by atoms with Gasteiger partial charge in [-0.1, -0.05) is 12.1 Å². The Hall–Kier alpha value is -1.79. The minimum absolute atomic E-state index is 0.145. The highest BCUT2D eigenvalue weighted by Crippen LogP contribution is 2.18. The van der Waals surface area contributed by atoms with E-state index in [0.717, 1.165) is 22.7 Å². The average molecular weight is 290 g/mol. The van der Waals surface area contributed by atoms with E-state index in [0.29, 0.717) is 6.42 Å². The summed E-state index contributed by atoms with van der Waals surface area (Å²) in [6.07, 6.45) is 6.07. The average Bonchev–Trinajstić information content (AvgIpc) is 2.99. The fourth-order valence-corrected chi connectivity index (χ4v) is 2.25. The van der Waals surface area contributed by atoms with Crippen LogP contribution in [0.5, 0.6) is 0 Å². The number of nitrogens with one attached hydrogen (secondary N) is 2. The van der Waals surface area contributed by atoms with E-state index in [2.05, 4.69) is 15.3 Å². The molecule has 0 fully saturated rings. The normalized spacial score (nSPS) is 12.1. The molecule has 0 spiro atoms. The van der Waals surface area contributed by atoms with Gasteiger partial charge >= 0.3 is 0 Å². The predicted octanol–water partition coefficient (Wildman–Crippen LogP) is 2.10. The number of anilines is 1. The Kier molecular flexibility index (Phi) is 5.20. The number of aromatic nitrogens is 2. The Morgan fingerprint density at radius 2 is 2.20 bits per heavy atom. The van der Waals surface area contributed by atoms with Crippen molar-refractivity contribution in [3.05, 3.63) is 36.8 Å². The molecule has 2 aromatic rings. The van der Waals surface area contributed by atoms with Crippen LogP contribution in [-0.4, -0.2) is 33.9 Å². The Bertz CT molecular complexity index is 539. The molecule has 1 aromatic carbocycles. The van der Waals surface area contributed by atoms with Gasteiger partial charge in [0.25, 0.3) is 0 Å². The number of H-pyrrole nitrogens is 1. The molecule has 0 unspecified atom stereocenters. The second-order valence-electron chi connectivity index (χ2n) is 4.42. The first-order valence-corrected chi connectivity index (χ1v) is 7.74. The monoisotopic (exact) mass is 290 g/mol. The summed E-state index contributed by atoms with van der Waals surface area (Å²) in [5, 5.41) is 2.82. The summed E-state index contributed by atoms with van der Waals surface area (Å²) in [6.45, 7) is 0. The molecule has 20 heavy (non-hydrogen) atoms. The summed E-state index contributed by atoms with van der Waals surface area (Å²) in [5.41, 5.74) is 8.53. The van der Waals surface area contributed by atoms with Gasteiger partial charge in [0.2, 0.25) is 5.91 Å². The van der Waals surface area contributed by atoms with E-state index in [-0.39, 0.29) is 5.91 Å². The van der Waals surface area contributed by atoms with Gasteiger partial charge in [-0.15, -0.1) is 0 Å². The molecule has 0 radical (unpaired) electrons. The van der Waals surface area contributed by atoms with E-state index >= 15 is 0 Å². The summed E-state index contributed by atoms with van der Waals surface area (Å²) < 4.78 is 0. The van der Waals surface area contributed by atoms with Crippen LogP contribution >= 0.6 is 11.8 Å². The number of carbonyl (C=O) groups excluding carboxylic acids is 1. The number of nitrogens with zero attached hydrogens (tertiary/aromatic N) is 1. The number of imidazole rings is 1. The Labute approximate surface area is 122 Å². The number of rotatable bonds is 6. The third kappa shape index (κ3) is 3.85. The fraction of sp³-hybridized carbons (Fsp3) is 0.286. The van der Waals surface area contributed by atoms with E-state index in [9.17, 15) is 4.79 Å². The molecule has 0 bridgehead atoms. The Morgan fingerprint density at radius 3 is 2.80 bits per heavy atom. The highest BCUT2D eigenvalue weighted by atomic mass is 32.2. The molecular formula is C14H18N4OS. The zero-order valence-electron chi connectivity index (χ0n) is 11.3. The van der Waals surface area contributed by atoms with E-state index < -0.39 is 6.04 Å². The molecular weight excluding hydrogens is 272 g/mol. The molecule has 0 saturated heterocycles. The summed E-state index contributed by atoms with van der Waals surface area (Å²) in [6, 6.07) is 7.10. The van der Waals surface area contributed by atoms with Crippen molar-refractivity contribution in [2.24, 2.45) is 5.73 Å². The first-order valence-electron chi connectivity index (χ1n) is 6.35. The van der Waals surface area contributed by atoms with Gasteiger partial charge in [-0.3, -0.25) is 4.79 Å². The van der Waals surface area contributed by atoms with Gasteiger partial charge in [0.1, 0.15) is 0 Å². The first kappa shape index (κ1) is 14.6. The fourth-order valence-electron chi connectivity index (χ4n) is 1.76. The predicted molar refractivity (Wildman–Crippen MR) is 83.6 cm³/mol. The van der Waals surface area contributed by atoms with E-state index in [4.69, 9.17) is 5.73 Å². The number of nitrogens with two attached hydrogens (primary N) is 1. The minimum atomic E-state index is -0.463. The summed E-state index contributed by atoms with van der Waals surface area (Å²) in [5.74, 6) is 0.737. The van der Waals surface area contributed by atoms with Crippen LogP contribution in [0.4, 0.5) is 5.69 Å². The van der Waals surface area contributed by atoms with Crippen molar-refractivity contribution < 1.29 is 4.79 Å². The van der Waals surface area contributed by atoms with Gasteiger partial charge in [-0.2, -0.15) is 11.8 Å². The molecule has 0 saturated carbocycles. The number of hydrogen-bond donors (Lipinski definition) is 3. The molecule has 4 N–H and O–H groups in total. The van der Waals surface area contributed by atoms with Gasteiger partial charge in [-0.05, 0) is 36.1 Å². The lowest BCUT2D eigenvalue weighted by Gasteiger charge is -2.11. The van der Waals surface area contributed by atoms with Gasteiger partial charge in [0.05, 0.1) is 24.3 Å². The second-order valence-corrected chi connectivity index (χ2v) is 5.41. The van der Waals surface area contributed by atoms with E-state index in [1.54, 1.807) is 24.3 Å². The number of benzene rings is 1. The van der Waals surface area contributed by atoms with Gasteiger partial charge in [0.15, 0.2) is 0 Å². The standard InChI is InChI=1S/C14H18N4OS/c1-20-7-6-12(15)14(19)18-11-4-2-10(3-5-11)13-8-16-9-17-13/h2-5,8-9,12H,6-7,15H2,1H3,(H,16,17)(H,18,19)/t12-/m0/s1. The molecule has 0 aliphatic rings. The van der Waals surface area contributed by atoms with Gasteiger partial charge in [0, 0.05) is 5.69 Å². The van der Waals surface area contributed by atoms with Crippen molar-refractivity contribution in [3.8, 4) is 11.3 Å². The topological polar surface area (TPSA) is 83.8 Å². The van der Waals surface area contributed by atoms with Crippen LogP contribution in [0.3, 0.4) is 0 Å². The lowest BCUT2D eigenvalue weighted by molar-refractivity contribution is -0.117. The summed E-state index contributed by atoms with van der Waals surface area (Å²) in [7, 11) is 0. The van der Waals surface area contributed by atoms with E-state index in [1.165, 1.54) is 0 Å². The number of hydrogen-bond acceptors (Lipinski definition) is 4. The molecule has 1 atom stereocenters. The number of aromatic amines is 1. The molecule has 1 aromatic heterocycles. The largest absolute Gasteiger partial charge is 0.345 e. The summed E-state index contributed by atoms with van der Waals surface area (Å²) >= 11 is 1.68. The molecule has 1 amide bonds. The van der Waals surface area contributed by atoms with Crippen LogP contribution < -0.4 is 11.1 Å². The highest BCUT2D eigenvalue weighted by Gasteiger charge is 2.12. The van der Waals surface area contributed by atoms with Crippen molar-refractivity contribution in [3.63, 3.8) is 0 Å². The molecule has 1 heterocycles. The van der Waals surface area contributed by atoms with Crippen molar-refractivity contribution in [2.75, 3.05) is 17.3 Å². The van der Waals surface area contributed by atoms with Crippen molar-refractivity contribution >= 4 is 23.4 Å². The van der Waals surface area contributed by atoms with Crippen LogP contribution in [0, 0.1) is 0 Å². The zero-order chi connectivity index (χ0) is 14.4.